The summed E-state index contributed by atoms with van der Waals surface area (Å²) in [6, 6.07) is 3.82. The van der Waals surface area contributed by atoms with E-state index in [1.54, 1.807) is 0 Å². The maximum Gasteiger partial charge on any atom is 0.342 e. The van der Waals surface area contributed by atoms with Crippen LogP contribution in [0.4, 0.5) is 5.69 Å². The molecule has 21 heavy (non-hydrogen) atoms. The highest BCUT2D eigenvalue weighted by Gasteiger charge is 2.20. The molecule has 7 nitrogen and oxygen atoms in total. The molecule has 0 atom stereocenters. The van der Waals surface area contributed by atoms with E-state index in [-0.39, 0.29) is 5.56 Å². The number of rotatable bonds is 6. The molecule has 0 amide bonds. The van der Waals surface area contributed by atoms with Crippen molar-refractivity contribution in [2.24, 2.45) is 0 Å². The number of hydrogen-bond acceptors (Lipinski definition) is 5. The first kappa shape index (κ1) is 15.2. The third-order valence-electron chi connectivity index (χ3n) is 3.52. The van der Waals surface area contributed by atoms with E-state index in [0.717, 1.165) is 19.6 Å². The number of aromatic carboxylic acids is 1. The van der Waals surface area contributed by atoms with Crippen LogP contribution < -0.4 is 4.74 Å². The summed E-state index contributed by atoms with van der Waals surface area (Å²) in [5.74, 6) is -0.995. The molecule has 1 aromatic rings. The molecule has 7 heteroatoms. The van der Waals surface area contributed by atoms with E-state index >= 15 is 0 Å². The van der Waals surface area contributed by atoms with Gasteiger partial charge < -0.3 is 9.84 Å². The molecular formula is C14H18N2O5. The molecule has 0 aromatic heterocycles. The Hall–Kier alpha value is -2.15. The van der Waals surface area contributed by atoms with Crippen LogP contribution in [-0.2, 0) is 0 Å². The molecule has 0 saturated carbocycles. The van der Waals surface area contributed by atoms with Gasteiger partial charge >= 0.3 is 5.97 Å². The molecule has 0 unspecified atom stereocenters. The Kier molecular flexibility index (Phi) is 5.10. The number of nitro groups is 1. The zero-order valence-corrected chi connectivity index (χ0v) is 11.7. The van der Waals surface area contributed by atoms with Crippen molar-refractivity contribution in [1.82, 2.24) is 4.90 Å². The minimum atomic E-state index is -1.32. The van der Waals surface area contributed by atoms with Crippen molar-refractivity contribution in [2.75, 3.05) is 26.2 Å². The Balaban J connectivity index is 1.95. The van der Waals surface area contributed by atoms with Crippen LogP contribution in [0.5, 0.6) is 5.75 Å². The van der Waals surface area contributed by atoms with Gasteiger partial charge in [-0.15, -0.1) is 0 Å². The average molecular weight is 294 g/mol. The lowest BCUT2D eigenvalue weighted by Crippen LogP contribution is -2.33. The van der Waals surface area contributed by atoms with Crippen molar-refractivity contribution in [2.45, 2.75) is 19.3 Å². The van der Waals surface area contributed by atoms with Crippen molar-refractivity contribution in [3.63, 3.8) is 0 Å². The number of likely N-dealkylation sites (tertiary alicyclic amines) is 1. The molecule has 114 valence electrons. The second kappa shape index (κ2) is 7.03. The van der Waals surface area contributed by atoms with Crippen molar-refractivity contribution in [3.8, 4) is 5.75 Å². The van der Waals surface area contributed by atoms with Gasteiger partial charge in [0.25, 0.3) is 5.69 Å². The molecule has 1 aliphatic rings. The standard InChI is InChI=1S/C14H18N2O5/c17-14(18)12-5-4-11(10-13(12)16(19)20)21-9-8-15-6-2-1-3-7-15/h4-5,10H,1-3,6-9H2,(H,17,18). The van der Waals surface area contributed by atoms with E-state index in [1.807, 2.05) is 0 Å². The van der Waals surface area contributed by atoms with Crippen LogP contribution in [-0.4, -0.2) is 47.1 Å². The molecule has 0 spiro atoms. The Bertz CT molecular complexity index is 526. The fourth-order valence-corrected chi connectivity index (χ4v) is 2.41. The molecule has 0 bridgehead atoms. The minimum absolute atomic E-state index is 0.323. The van der Waals surface area contributed by atoms with E-state index in [0.29, 0.717) is 12.4 Å². The lowest BCUT2D eigenvalue weighted by Gasteiger charge is -2.26. The number of carboxylic acids is 1. The van der Waals surface area contributed by atoms with Gasteiger partial charge in [0.05, 0.1) is 11.0 Å². The van der Waals surface area contributed by atoms with Crippen LogP contribution in [0.1, 0.15) is 29.6 Å². The molecule has 1 aliphatic heterocycles. The number of benzene rings is 1. The van der Waals surface area contributed by atoms with Crippen molar-refractivity contribution < 1.29 is 19.6 Å². The Morgan fingerprint density at radius 1 is 1.33 bits per heavy atom. The zero-order valence-electron chi connectivity index (χ0n) is 11.7. The smallest absolute Gasteiger partial charge is 0.342 e. The molecule has 1 aromatic carbocycles. The summed E-state index contributed by atoms with van der Waals surface area (Å²) in [5, 5.41) is 19.8. The average Bonchev–Trinajstić information content (AvgIpc) is 2.48. The summed E-state index contributed by atoms with van der Waals surface area (Å²) in [6.45, 7) is 3.32. The predicted molar refractivity (Wildman–Crippen MR) is 75.8 cm³/mol. The molecule has 1 saturated heterocycles. The molecule has 1 fully saturated rings. The maximum absolute atomic E-state index is 10.9. The van der Waals surface area contributed by atoms with Crippen LogP contribution in [0, 0.1) is 10.1 Å². The van der Waals surface area contributed by atoms with Gasteiger partial charge in [-0.25, -0.2) is 4.79 Å². The van der Waals surface area contributed by atoms with Gasteiger partial charge in [0.2, 0.25) is 0 Å². The van der Waals surface area contributed by atoms with Crippen LogP contribution in [0.15, 0.2) is 18.2 Å². The summed E-state index contributed by atoms with van der Waals surface area (Å²) < 4.78 is 5.50. The summed E-state index contributed by atoms with van der Waals surface area (Å²) in [4.78, 5) is 23.4. The number of hydrogen-bond donors (Lipinski definition) is 1. The first-order chi connectivity index (χ1) is 10.1. The SMILES string of the molecule is O=C(O)c1ccc(OCCN2CCCCC2)cc1[N+](=O)[O-]. The van der Waals surface area contributed by atoms with Crippen molar-refractivity contribution in [1.29, 1.82) is 0 Å². The lowest BCUT2D eigenvalue weighted by molar-refractivity contribution is -0.385. The molecular weight excluding hydrogens is 276 g/mol. The molecule has 0 aliphatic carbocycles. The first-order valence-corrected chi connectivity index (χ1v) is 6.95. The number of carboxylic acid groups (broad SMARTS) is 1. The Morgan fingerprint density at radius 2 is 2.05 bits per heavy atom. The van der Waals surface area contributed by atoms with E-state index in [2.05, 4.69) is 4.90 Å². The molecule has 2 rings (SSSR count). The van der Waals surface area contributed by atoms with Gasteiger partial charge in [-0.05, 0) is 38.1 Å². The third-order valence-corrected chi connectivity index (χ3v) is 3.52. The largest absolute Gasteiger partial charge is 0.492 e. The Morgan fingerprint density at radius 3 is 2.67 bits per heavy atom. The lowest BCUT2D eigenvalue weighted by atomic mass is 10.1. The van der Waals surface area contributed by atoms with Gasteiger partial charge in [0, 0.05) is 6.54 Å². The number of carbonyl (C=O) groups is 1. The fraction of sp³-hybridized carbons (Fsp3) is 0.500. The summed E-state index contributed by atoms with van der Waals surface area (Å²) in [7, 11) is 0. The van der Waals surface area contributed by atoms with Gasteiger partial charge in [-0.1, -0.05) is 6.42 Å². The highest BCUT2D eigenvalue weighted by Crippen LogP contribution is 2.24. The van der Waals surface area contributed by atoms with Crippen LogP contribution in [0.25, 0.3) is 0 Å². The van der Waals surface area contributed by atoms with E-state index < -0.39 is 16.6 Å². The van der Waals surface area contributed by atoms with E-state index in [9.17, 15) is 14.9 Å². The summed E-state index contributed by atoms with van der Waals surface area (Å²) in [5.41, 5.74) is -0.777. The minimum Gasteiger partial charge on any atom is -0.492 e. The van der Waals surface area contributed by atoms with Crippen molar-refractivity contribution in [3.05, 3.63) is 33.9 Å². The summed E-state index contributed by atoms with van der Waals surface area (Å²) >= 11 is 0. The topological polar surface area (TPSA) is 92.9 Å². The molecule has 1 N–H and O–H groups in total. The van der Waals surface area contributed by atoms with Crippen molar-refractivity contribution >= 4 is 11.7 Å². The normalized spacial score (nSPS) is 15.6. The second-order valence-corrected chi connectivity index (χ2v) is 4.99. The number of piperidine rings is 1. The van der Waals surface area contributed by atoms with Crippen LogP contribution >= 0.6 is 0 Å². The van der Waals surface area contributed by atoms with Crippen LogP contribution in [0.3, 0.4) is 0 Å². The van der Waals surface area contributed by atoms with Gasteiger partial charge in [0.15, 0.2) is 0 Å². The fourth-order valence-electron chi connectivity index (χ4n) is 2.41. The molecule has 0 radical (unpaired) electrons. The number of nitro benzene ring substituents is 1. The third kappa shape index (κ3) is 4.16. The number of ether oxygens (including phenoxy) is 1. The molecule has 1 heterocycles. The summed E-state index contributed by atoms with van der Waals surface area (Å²) in [6.07, 6.45) is 3.65. The van der Waals surface area contributed by atoms with Gasteiger partial charge in [-0.2, -0.15) is 0 Å². The maximum atomic E-state index is 10.9. The van der Waals surface area contributed by atoms with Gasteiger partial charge in [-0.3, -0.25) is 15.0 Å². The number of nitrogens with zero attached hydrogens (tertiary/aromatic N) is 2. The van der Waals surface area contributed by atoms with E-state index in [1.165, 1.54) is 37.5 Å². The van der Waals surface area contributed by atoms with Gasteiger partial charge in [0.1, 0.15) is 17.9 Å². The first-order valence-electron chi connectivity index (χ1n) is 6.95. The highest BCUT2D eigenvalue weighted by molar-refractivity contribution is 5.92. The van der Waals surface area contributed by atoms with Crippen LogP contribution in [0.2, 0.25) is 0 Å². The second-order valence-electron chi connectivity index (χ2n) is 4.99. The quantitative estimate of drug-likeness (QED) is 0.638. The monoisotopic (exact) mass is 294 g/mol. The zero-order chi connectivity index (χ0) is 15.2. The van der Waals surface area contributed by atoms with E-state index in [4.69, 9.17) is 9.84 Å². The predicted octanol–water partition coefficient (Wildman–Crippen LogP) is 2.16. The highest BCUT2D eigenvalue weighted by atomic mass is 16.6. The Labute approximate surface area is 122 Å².